The van der Waals surface area contributed by atoms with Gasteiger partial charge in [0.05, 0.1) is 17.2 Å². The lowest BCUT2D eigenvalue weighted by molar-refractivity contribution is -0.122. The van der Waals surface area contributed by atoms with E-state index in [1.54, 1.807) is 4.90 Å². The Bertz CT molecular complexity index is 799. The summed E-state index contributed by atoms with van der Waals surface area (Å²) in [5, 5.41) is 9.85. The Morgan fingerprint density at radius 3 is 2.33 bits per heavy atom. The number of hydrogen-bond donors (Lipinski definition) is 1. The molecule has 1 aliphatic heterocycles. The van der Waals surface area contributed by atoms with Gasteiger partial charge in [-0.05, 0) is 47.5 Å². The first-order valence-corrected chi connectivity index (χ1v) is 10.1. The van der Waals surface area contributed by atoms with Gasteiger partial charge in [0.25, 0.3) is 5.91 Å². The molecule has 3 rings (SSSR count). The van der Waals surface area contributed by atoms with Crippen LogP contribution in [0.15, 0.2) is 64.5 Å². The number of nitrogens with zero attached hydrogens (tertiary/aromatic N) is 2. The van der Waals surface area contributed by atoms with Crippen LogP contribution in [0.4, 0.5) is 5.69 Å². The molecule has 1 heterocycles. The van der Waals surface area contributed by atoms with E-state index >= 15 is 0 Å². The molecule has 5 heteroatoms. The summed E-state index contributed by atoms with van der Waals surface area (Å²) in [5.41, 5.74) is 2.63. The Hall–Kier alpha value is -2.37. The lowest BCUT2D eigenvalue weighted by Crippen LogP contribution is -2.29. The number of benzene rings is 2. The number of aliphatic hydroxyl groups is 1. The van der Waals surface area contributed by atoms with E-state index in [0.29, 0.717) is 11.4 Å². The van der Waals surface area contributed by atoms with Crippen molar-refractivity contribution in [2.75, 3.05) is 6.54 Å². The monoisotopic (exact) mass is 382 g/mol. The quantitative estimate of drug-likeness (QED) is 0.722. The van der Waals surface area contributed by atoms with Gasteiger partial charge in [-0.15, -0.1) is 0 Å². The van der Waals surface area contributed by atoms with Crippen molar-refractivity contribution in [3.63, 3.8) is 0 Å². The number of aliphatic hydroxyl groups excluding tert-OH is 1. The highest BCUT2D eigenvalue weighted by atomic mass is 32.2. The first-order valence-electron chi connectivity index (χ1n) is 9.26. The summed E-state index contributed by atoms with van der Waals surface area (Å²) in [7, 11) is 0. The summed E-state index contributed by atoms with van der Waals surface area (Å²) in [6.07, 6.45) is 2.75. The first-order chi connectivity index (χ1) is 13.2. The van der Waals surface area contributed by atoms with Gasteiger partial charge < -0.3 is 5.11 Å². The van der Waals surface area contributed by atoms with E-state index in [0.717, 1.165) is 28.4 Å². The molecule has 0 unspecified atom stereocenters. The summed E-state index contributed by atoms with van der Waals surface area (Å²) in [6.45, 7) is 6.72. The summed E-state index contributed by atoms with van der Waals surface area (Å²) in [5.74, 6) is -0.00670. The highest BCUT2D eigenvalue weighted by molar-refractivity contribution is 8.18. The molecule has 0 bridgehead atoms. The van der Waals surface area contributed by atoms with Crippen LogP contribution in [0.25, 0.3) is 6.08 Å². The Kier molecular flexibility index (Phi) is 8.30. The average molecular weight is 383 g/mol. The fourth-order valence-corrected chi connectivity index (χ4v) is 3.52. The summed E-state index contributed by atoms with van der Waals surface area (Å²) in [4.78, 5) is 19.8. The second-order valence-corrected chi connectivity index (χ2v) is 6.71. The van der Waals surface area contributed by atoms with Gasteiger partial charge >= 0.3 is 0 Å². The fraction of sp³-hybridized carbons (Fsp3) is 0.273. The summed E-state index contributed by atoms with van der Waals surface area (Å²) >= 11 is 1.40. The van der Waals surface area contributed by atoms with Crippen molar-refractivity contribution in [2.24, 2.45) is 4.99 Å². The summed E-state index contributed by atoms with van der Waals surface area (Å²) in [6, 6.07) is 17.2. The number of aliphatic imine (C=N–C) groups is 1. The Balaban J connectivity index is 0.00000126. The standard InChI is InChI=1S/C20H20N2O2S.C2H6/c1-2-12-22-19(24)18(13-15-8-10-16(14-23)11-9-15)25-20(22)21-17-6-4-3-5-7-17;1-2/h3-11,13,23H,2,12,14H2,1H3;1-2H3/b18-13-,21-20?;. The molecule has 0 atom stereocenters. The number of carbonyl (C=O) groups is 1. The van der Waals surface area contributed by atoms with E-state index in [1.165, 1.54) is 11.8 Å². The van der Waals surface area contributed by atoms with Crippen LogP contribution < -0.4 is 0 Å². The predicted octanol–water partition coefficient (Wildman–Crippen LogP) is 5.22. The van der Waals surface area contributed by atoms with Crippen LogP contribution in [0, 0.1) is 0 Å². The number of carbonyl (C=O) groups excluding carboxylic acids is 1. The molecule has 1 fully saturated rings. The third-order valence-electron chi connectivity index (χ3n) is 3.78. The van der Waals surface area contributed by atoms with E-state index in [-0.39, 0.29) is 12.5 Å². The number of amides is 1. The third-order valence-corrected chi connectivity index (χ3v) is 4.78. The second-order valence-electron chi connectivity index (χ2n) is 5.70. The normalized spacial score (nSPS) is 16.6. The largest absolute Gasteiger partial charge is 0.392 e. The molecule has 0 aromatic heterocycles. The van der Waals surface area contributed by atoms with Crippen LogP contribution in [0.1, 0.15) is 38.3 Å². The molecule has 4 nitrogen and oxygen atoms in total. The van der Waals surface area contributed by atoms with Crippen LogP contribution in [0.5, 0.6) is 0 Å². The van der Waals surface area contributed by atoms with Gasteiger partial charge in [0.2, 0.25) is 0 Å². The van der Waals surface area contributed by atoms with E-state index in [9.17, 15) is 4.79 Å². The maximum Gasteiger partial charge on any atom is 0.266 e. The molecular weight excluding hydrogens is 356 g/mol. The molecule has 2 aromatic rings. The van der Waals surface area contributed by atoms with Crippen molar-refractivity contribution < 1.29 is 9.90 Å². The van der Waals surface area contributed by atoms with Crippen LogP contribution in [-0.2, 0) is 11.4 Å². The Labute approximate surface area is 165 Å². The van der Waals surface area contributed by atoms with Gasteiger partial charge in [-0.3, -0.25) is 9.69 Å². The zero-order chi connectivity index (χ0) is 19.6. The number of para-hydroxylation sites is 1. The average Bonchev–Trinajstić information content (AvgIpc) is 3.00. The van der Waals surface area contributed by atoms with Crippen molar-refractivity contribution in [3.8, 4) is 0 Å². The molecule has 27 heavy (non-hydrogen) atoms. The van der Waals surface area contributed by atoms with E-state index < -0.39 is 0 Å². The van der Waals surface area contributed by atoms with Crippen molar-refractivity contribution in [1.82, 2.24) is 4.90 Å². The minimum atomic E-state index is -0.00670. The van der Waals surface area contributed by atoms with Gasteiger partial charge in [-0.2, -0.15) is 0 Å². The molecule has 1 amide bonds. The predicted molar refractivity (Wildman–Crippen MR) is 115 cm³/mol. The van der Waals surface area contributed by atoms with Crippen molar-refractivity contribution in [2.45, 2.75) is 33.8 Å². The van der Waals surface area contributed by atoms with Crippen LogP contribution in [0.3, 0.4) is 0 Å². The van der Waals surface area contributed by atoms with Gasteiger partial charge in [-0.1, -0.05) is 63.2 Å². The molecule has 1 N–H and O–H groups in total. The first kappa shape index (κ1) is 20.9. The SMILES string of the molecule is CC.CCCN1C(=O)/C(=C/c2ccc(CO)cc2)SC1=Nc1ccccc1. The molecule has 0 aliphatic carbocycles. The van der Waals surface area contributed by atoms with Gasteiger partial charge in [0.15, 0.2) is 5.17 Å². The zero-order valence-corrected chi connectivity index (χ0v) is 16.9. The molecule has 1 saturated heterocycles. The second kappa shape index (κ2) is 10.7. The third kappa shape index (κ3) is 5.55. The van der Waals surface area contributed by atoms with Gasteiger partial charge in [0, 0.05) is 6.54 Å². The van der Waals surface area contributed by atoms with Gasteiger partial charge in [-0.25, -0.2) is 4.99 Å². The molecule has 1 aliphatic rings. The van der Waals surface area contributed by atoms with Crippen LogP contribution in [0.2, 0.25) is 0 Å². The molecule has 0 spiro atoms. The topological polar surface area (TPSA) is 52.9 Å². The summed E-state index contributed by atoms with van der Waals surface area (Å²) < 4.78 is 0. The maximum atomic E-state index is 12.7. The molecular formula is C22H26N2O2S. The van der Waals surface area contributed by atoms with Crippen molar-refractivity contribution in [3.05, 3.63) is 70.6 Å². The minimum Gasteiger partial charge on any atom is -0.392 e. The van der Waals surface area contributed by atoms with E-state index in [2.05, 4.69) is 4.99 Å². The fourth-order valence-electron chi connectivity index (χ4n) is 2.50. The zero-order valence-electron chi connectivity index (χ0n) is 16.1. The van der Waals surface area contributed by atoms with E-state index in [1.807, 2.05) is 81.4 Å². The highest BCUT2D eigenvalue weighted by Crippen LogP contribution is 2.34. The number of hydrogen-bond acceptors (Lipinski definition) is 4. The van der Waals surface area contributed by atoms with Crippen molar-refractivity contribution >= 4 is 34.6 Å². The van der Waals surface area contributed by atoms with E-state index in [4.69, 9.17) is 5.11 Å². The lowest BCUT2D eigenvalue weighted by Gasteiger charge is -2.13. The molecule has 2 aromatic carbocycles. The molecule has 0 saturated carbocycles. The van der Waals surface area contributed by atoms with Crippen LogP contribution in [-0.4, -0.2) is 27.6 Å². The molecule has 0 radical (unpaired) electrons. The van der Waals surface area contributed by atoms with Gasteiger partial charge in [0.1, 0.15) is 0 Å². The number of thioether (sulfide) groups is 1. The Morgan fingerprint density at radius 1 is 1.07 bits per heavy atom. The smallest absolute Gasteiger partial charge is 0.266 e. The maximum absolute atomic E-state index is 12.7. The lowest BCUT2D eigenvalue weighted by atomic mass is 10.1. The number of amidine groups is 1. The minimum absolute atomic E-state index is 0.00670. The van der Waals surface area contributed by atoms with Crippen molar-refractivity contribution in [1.29, 1.82) is 0 Å². The highest BCUT2D eigenvalue weighted by Gasteiger charge is 2.32. The Morgan fingerprint density at radius 2 is 1.74 bits per heavy atom. The number of rotatable bonds is 5. The van der Waals surface area contributed by atoms with Crippen LogP contribution >= 0.6 is 11.8 Å². The molecule has 142 valence electrons.